The highest BCUT2D eigenvalue weighted by Gasteiger charge is 2.33. The van der Waals surface area contributed by atoms with Gasteiger partial charge in [0, 0.05) is 32.2 Å². The van der Waals surface area contributed by atoms with E-state index in [1.165, 1.54) is 7.11 Å². The van der Waals surface area contributed by atoms with Gasteiger partial charge < -0.3 is 10.1 Å². The van der Waals surface area contributed by atoms with E-state index in [-0.39, 0.29) is 5.97 Å². The topological polar surface area (TPSA) is 41.6 Å². The van der Waals surface area contributed by atoms with Crippen molar-refractivity contribution < 1.29 is 9.53 Å². The summed E-state index contributed by atoms with van der Waals surface area (Å²) in [6.07, 6.45) is 0. The average Bonchev–Trinajstić information content (AvgIpc) is 2.20. The van der Waals surface area contributed by atoms with Gasteiger partial charge in [0.05, 0.1) is 12.5 Å². The van der Waals surface area contributed by atoms with Gasteiger partial charge in [0.2, 0.25) is 0 Å². The second-order valence-corrected chi connectivity index (χ2v) is 4.90. The van der Waals surface area contributed by atoms with Crippen LogP contribution in [-0.4, -0.2) is 50.2 Å². The Labute approximate surface area is 92.0 Å². The van der Waals surface area contributed by atoms with E-state index in [0.29, 0.717) is 6.04 Å². The van der Waals surface area contributed by atoms with Crippen LogP contribution >= 0.6 is 0 Å². The van der Waals surface area contributed by atoms with E-state index in [9.17, 15) is 4.79 Å². The molecule has 1 aliphatic rings. The molecule has 1 saturated heterocycles. The summed E-state index contributed by atoms with van der Waals surface area (Å²) < 4.78 is 4.81. The minimum absolute atomic E-state index is 0.131. The lowest BCUT2D eigenvalue weighted by Gasteiger charge is -2.38. The van der Waals surface area contributed by atoms with Gasteiger partial charge in [-0.3, -0.25) is 9.69 Å². The number of carbonyl (C=O) groups excluding carboxylic acids is 1. The number of esters is 1. The number of piperazine rings is 1. The molecular formula is C11H22N2O2. The number of methoxy groups -OCH3 is 1. The Morgan fingerprint density at radius 3 is 2.80 bits per heavy atom. The number of nitrogens with one attached hydrogen (secondary N) is 1. The fraction of sp³-hybridized carbons (Fsp3) is 0.909. The van der Waals surface area contributed by atoms with Gasteiger partial charge in [0.1, 0.15) is 0 Å². The van der Waals surface area contributed by atoms with Gasteiger partial charge in [-0.15, -0.1) is 0 Å². The van der Waals surface area contributed by atoms with Crippen LogP contribution in [0.4, 0.5) is 0 Å². The maximum Gasteiger partial charge on any atom is 0.312 e. The molecule has 4 nitrogen and oxygen atoms in total. The highest BCUT2D eigenvalue weighted by atomic mass is 16.5. The molecule has 15 heavy (non-hydrogen) atoms. The summed E-state index contributed by atoms with van der Waals surface area (Å²) in [7, 11) is 1.45. The third-order valence-corrected chi connectivity index (χ3v) is 2.98. The average molecular weight is 214 g/mol. The Morgan fingerprint density at radius 2 is 2.27 bits per heavy atom. The molecule has 1 atom stereocenters. The first-order valence-electron chi connectivity index (χ1n) is 5.50. The first kappa shape index (κ1) is 12.5. The van der Waals surface area contributed by atoms with Gasteiger partial charge in [-0.05, 0) is 20.8 Å². The van der Waals surface area contributed by atoms with E-state index in [4.69, 9.17) is 4.74 Å². The third kappa shape index (κ3) is 3.18. The molecule has 1 fully saturated rings. The Balaban J connectivity index is 2.55. The summed E-state index contributed by atoms with van der Waals surface area (Å²) in [6, 6.07) is 0.489. The quantitative estimate of drug-likeness (QED) is 0.694. The van der Waals surface area contributed by atoms with Crippen molar-refractivity contribution in [1.82, 2.24) is 10.2 Å². The van der Waals surface area contributed by atoms with E-state index < -0.39 is 5.41 Å². The van der Waals surface area contributed by atoms with Gasteiger partial charge in [-0.1, -0.05) is 0 Å². The molecule has 0 aromatic carbocycles. The van der Waals surface area contributed by atoms with Crippen molar-refractivity contribution in [3.8, 4) is 0 Å². The number of carbonyl (C=O) groups is 1. The normalized spacial score (nSPS) is 23.9. The summed E-state index contributed by atoms with van der Waals surface area (Å²) in [5.74, 6) is -0.131. The fourth-order valence-electron chi connectivity index (χ4n) is 1.97. The van der Waals surface area contributed by atoms with Gasteiger partial charge in [0.25, 0.3) is 0 Å². The lowest BCUT2D eigenvalue weighted by atomic mass is 9.92. The van der Waals surface area contributed by atoms with Crippen molar-refractivity contribution in [3.63, 3.8) is 0 Å². The maximum atomic E-state index is 11.5. The largest absolute Gasteiger partial charge is 0.469 e. The van der Waals surface area contributed by atoms with Crippen LogP contribution in [0.1, 0.15) is 20.8 Å². The van der Waals surface area contributed by atoms with Gasteiger partial charge in [-0.25, -0.2) is 0 Å². The van der Waals surface area contributed by atoms with Gasteiger partial charge in [-0.2, -0.15) is 0 Å². The van der Waals surface area contributed by atoms with Crippen LogP contribution < -0.4 is 5.32 Å². The first-order chi connectivity index (χ1) is 6.97. The number of hydrogen-bond acceptors (Lipinski definition) is 4. The summed E-state index contributed by atoms with van der Waals surface area (Å²) in [5, 5.41) is 3.34. The van der Waals surface area contributed by atoms with Crippen LogP contribution in [0.25, 0.3) is 0 Å². The maximum absolute atomic E-state index is 11.5. The van der Waals surface area contributed by atoms with Crippen LogP contribution in [0.3, 0.4) is 0 Å². The van der Waals surface area contributed by atoms with Crippen molar-refractivity contribution in [3.05, 3.63) is 0 Å². The fourth-order valence-corrected chi connectivity index (χ4v) is 1.97. The molecule has 1 heterocycles. The van der Waals surface area contributed by atoms with Crippen molar-refractivity contribution >= 4 is 5.97 Å². The molecule has 0 aromatic rings. The molecule has 0 spiro atoms. The molecule has 0 aromatic heterocycles. The molecular weight excluding hydrogens is 192 g/mol. The molecule has 88 valence electrons. The molecule has 1 aliphatic heterocycles. The Hall–Kier alpha value is -0.610. The lowest BCUT2D eigenvalue weighted by Crippen LogP contribution is -2.53. The molecule has 0 unspecified atom stereocenters. The predicted octanol–water partition coefficient (Wildman–Crippen LogP) is 0.479. The zero-order valence-corrected chi connectivity index (χ0v) is 10.2. The summed E-state index contributed by atoms with van der Waals surface area (Å²) in [4.78, 5) is 13.9. The Bertz CT molecular complexity index is 229. The molecule has 0 radical (unpaired) electrons. The highest BCUT2D eigenvalue weighted by Crippen LogP contribution is 2.20. The van der Waals surface area contributed by atoms with E-state index in [1.807, 2.05) is 13.8 Å². The Morgan fingerprint density at radius 1 is 1.60 bits per heavy atom. The third-order valence-electron chi connectivity index (χ3n) is 2.98. The summed E-state index contributed by atoms with van der Waals surface area (Å²) in [6.45, 7) is 9.82. The minimum Gasteiger partial charge on any atom is -0.469 e. The molecule has 1 N–H and O–H groups in total. The molecule has 0 bridgehead atoms. The zero-order valence-electron chi connectivity index (χ0n) is 10.2. The summed E-state index contributed by atoms with van der Waals surface area (Å²) in [5.41, 5.74) is -0.416. The van der Waals surface area contributed by atoms with Crippen molar-refractivity contribution in [2.75, 3.05) is 33.3 Å². The standard InChI is InChI=1S/C11H22N2O2/c1-9-7-12-5-6-13(9)8-11(2,3)10(14)15-4/h9,12H,5-8H2,1-4H3/t9-/m1/s1. The van der Waals surface area contributed by atoms with Crippen LogP contribution in [0.15, 0.2) is 0 Å². The molecule has 1 rings (SSSR count). The van der Waals surface area contributed by atoms with E-state index in [2.05, 4.69) is 17.1 Å². The smallest absolute Gasteiger partial charge is 0.312 e. The lowest BCUT2D eigenvalue weighted by molar-refractivity contribution is -0.152. The SMILES string of the molecule is COC(=O)C(C)(C)CN1CCNC[C@H]1C. The molecule has 4 heteroatoms. The number of rotatable bonds is 3. The van der Waals surface area contributed by atoms with E-state index >= 15 is 0 Å². The molecule has 0 aliphatic carbocycles. The molecule has 0 amide bonds. The second kappa shape index (κ2) is 4.94. The predicted molar refractivity (Wildman–Crippen MR) is 59.7 cm³/mol. The zero-order chi connectivity index (χ0) is 11.5. The monoisotopic (exact) mass is 214 g/mol. The summed E-state index contributed by atoms with van der Waals surface area (Å²) >= 11 is 0. The van der Waals surface area contributed by atoms with E-state index in [1.54, 1.807) is 0 Å². The van der Waals surface area contributed by atoms with Crippen LogP contribution in [0, 0.1) is 5.41 Å². The number of hydrogen-bond donors (Lipinski definition) is 1. The number of ether oxygens (including phenoxy) is 1. The van der Waals surface area contributed by atoms with Crippen molar-refractivity contribution in [2.24, 2.45) is 5.41 Å². The number of nitrogens with zero attached hydrogens (tertiary/aromatic N) is 1. The highest BCUT2D eigenvalue weighted by molar-refractivity contribution is 5.76. The second-order valence-electron chi connectivity index (χ2n) is 4.90. The van der Waals surface area contributed by atoms with Crippen LogP contribution in [0.5, 0.6) is 0 Å². The Kier molecular flexibility index (Phi) is 4.11. The van der Waals surface area contributed by atoms with Crippen LogP contribution in [0.2, 0.25) is 0 Å². The van der Waals surface area contributed by atoms with Gasteiger partial charge >= 0.3 is 5.97 Å². The van der Waals surface area contributed by atoms with Crippen molar-refractivity contribution in [2.45, 2.75) is 26.8 Å². The van der Waals surface area contributed by atoms with Crippen molar-refractivity contribution in [1.29, 1.82) is 0 Å². The van der Waals surface area contributed by atoms with Crippen LogP contribution in [-0.2, 0) is 9.53 Å². The van der Waals surface area contributed by atoms with Gasteiger partial charge in [0.15, 0.2) is 0 Å². The first-order valence-corrected chi connectivity index (χ1v) is 5.50. The van der Waals surface area contributed by atoms with E-state index in [0.717, 1.165) is 26.2 Å². The minimum atomic E-state index is -0.416. The molecule has 0 saturated carbocycles.